The molecule has 0 spiro atoms. The second-order valence-corrected chi connectivity index (χ2v) is 8.20. The molecule has 2 atom stereocenters. The minimum absolute atomic E-state index is 0.0490. The highest BCUT2D eigenvalue weighted by Gasteiger charge is 2.31. The number of carbonyl (C=O) groups excluding carboxylic acids is 2. The molecule has 0 fully saturated rings. The van der Waals surface area contributed by atoms with Gasteiger partial charge >= 0.3 is 12.0 Å². The molecule has 0 saturated heterocycles. The number of esters is 1. The van der Waals surface area contributed by atoms with E-state index >= 15 is 0 Å². The smallest absolute Gasteiger partial charge is 0.329 e. The number of carbonyl (C=O) groups is 2. The molecule has 1 N–H and O–H groups in total. The highest BCUT2D eigenvalue weighted by Crippen LogP contribution is 2.27. The Balaban J connectivity index is 2.30. The summed E-state index contributed by atoms with van der Waals surface area (Å²) >= 11 is 0. The third-order valence-electron chi connectivity index (χ3n) is 4.57. The molecular weight excluding hydrogens is 414 g/mol. The average Bonchev–Trinajstić information content (AvgIpc) is 2.75. The van der Waals surface area contributed by atoms with Gasteiger partial charge in [-0.05, 0) is 38.8 Å². The average molecular weight is 446 g/mol. The zero-order valence-corrected chi connectivity index (χ0v) is 19.6. The highest BCUT2D eigenvalue weighted by molar-refractivity contribution is 5.99. The normalized spacial score (nSPS) is 13.0. The van der Waals surface area contributed by atoms with E-state index in [9.17, 15) is 9.59 Å². The van der Waals surface area contributed by atoms with E-state index in [4.69, 9.17) is 18.9 Å². The van der Waals surface area contributed by atoms with Gasteiger partial charge < -0.3 is 24.3 Å². The fourth-order valence-corrected chi connectivity index (χ4v) is 2.73. The van der Waals surface area contributed by atoms with Gasteiger partial charge in [-0.25, -0.2) is 4.79 Å². The fraction of sp³-hybridized carbons (Fsp3) is 0.478. The topological polar surface area (TPSA) is 109 Å². The second-order valence-electron chi connectivity index (χ2n) is 8.20. The van der Waals surface area contributed by atoms with Crippen molar-refractivity contribution >= 4 is 11.9 Å². The molecule has 174 valence electrons. The van der Waals surface area contributed by atoms with Gasteiger partial charge in [0.05, 0.1) is 25.8 Å². The number of hydrogen-bond acceptors (Lipinski definition) is 8. The molecule has 0 aliphatic rings. The number of para-hydroxylation sites is 1. The number of hydrogen-bond donors (Lipinski definition) is 1. The van der Waals surface area contributed by atoms with Gasteiger partial charge in [0.2, 0.25) is 11.8 Å². The standard InChI is InChI=1S/C23H31N3O6/c1-8-14(2)19(21(28)32-23(3,4)5)26-20(27)15-11-9-10-12-16(15)31-22-24-17(29-6)13-18(25-22)30-7/h9-14,19H,8H2,1-7H3,(H,26,27)/t14?,19-/m0/s1. The maximum absolute atomic E-state index is 13.1. The van der Waals surface area contributed by atoms with Crippen LogP contribution >= 0.6 is 0 Å². The van der Waals surface area contributed by atoms with Crippen LogP contribution in [0.25, 0.3) is 0 Å². The van der Waals surface area contributed by atoms with E-state index in [0.717, 1.165) is 0 Å². The Hall–Kier alpha value is -3.36. The van der Waals surface area contributed by atoms with E-state index in [-0.39, 0.29) is 35.0 Å². The molecule has 9 heteroatoms. The molecule has 1 heterocycles. The Labute approximate surface area is 188 Å². The first kappa shape index (κ1) is 24.9. The summed E-state index contributed by atoms with van der Waals surface area (Å²) in [4.78, 5) is 34.1. The quantitative estimate of drug-likeness (QED) is 0.581. The molecule has 32 heavy (non-hydrogen) atoms. The van der Waals surface area contributed by atoms with Crippen LogP contribution in [-0.4, -0.2) is 47.7 Å². The predicted molar refractivity (Wildman–Crippen MR) is 118 cm³/mol. The van der Waals surface area contributed by atoms with E-state index in [1.54, 1.807) is 45.0 Å². The number of nitrogens with one attached hydrogen (secondary N) is 1. The van der Waals surface area contributed by atoms with Crippen LogP contribution in [0.5, 0.6) is 23.5 Å². The maximum atomic E-state index is 13.1. The first-order valence-corrected chi connectivity index (χ1v) is 10.4. The lowest BCUT2D eigenvalue weighted by Crippen LogP contribution is -2.47. The van der Waals surface area contributed by atoms with Crippen LogP contribution in [0.3, 0.4) is 0 Å². The van der Waals surface area contributed by atoms with Crippen LogP contribution in [0.4, 0.5) is 0 Å². The first-order valence-electron chi connectivity index (χ1n) is 10.4. The molecule has 1 aromatic heterocycles. The van der Waals surface area contributed by atoms with Gasteiger partial charge in [-0.3, -0.25) is 4.79 Å². The van der Waals surface area contributed by atoms with Crippen molar-refractivity contribution in [2.75, 3.05) is 14.2 Å². The summed E-state index contributed by atoms with van der Waals surface area (Å²) in [6, 6.07) is 7.24. The SMILES string of the molecule is CCC(C)[C@H](NC(=O)c1ccccc1Oc1nc(OC)cc(OC)n1)C(=O)OC(C)(C)C. The molecule has 2 rings (SSSR count). The van der Waals surface area contributed by atoms with Crippen LogP contribution < -0.4 is 19.5 Å². The van der Waals surface area contributed by atoms with Crippen LogP contribution in [0.15, 0.2) is 30.3 Å². The summed E-state index contributed by atoms with van der Waals surface area (Å²) < 4.78 is 21.5. The number of aromatic nitrogens is 2. The van der Waals surface area contributed by atoms with Crippen molar-refractivity contribution in [1.82, 2.24) is 15.3 Å². The van der Waals surface area contributed by atoms with E-state index in [2.05, 4.69) is 15.3 Å². The van der Waals surface area contributed by atoms with Gasteiger partial charge in [0.25, 0.3) is 5.91 Å². The van der Waals surface area contributed by atoms with Crippen LogP contribution in [0, 0.1) is 5.92 Å². The van der Waals surface area contributed by atoms with Crippen molar-refractivity contribution in [3.05, 3.63) is 35.9 Å². The van der Waals surface area contributed by atoms with Gasteiger partial charge in [0.15, 0.2) is 0 Å². The zero-order chi connectivity index (χ0) is 23.9. The minimum atomic E-state index is -0.812. The minimum Gasteiger partial charge on any atom is -0.481 e. The highest BCUT2D eigenvalue weighted by atomic mass is 16.6. The largest absolute Gasteiger partial charge is 0.481 e. The lowest BCUT2D eigenvalue weighted by Gasteiger charge is -2.27. The fourth-order valence-electron chi connectivity index (χ4n) is 2.73. The Morgan fingerprint density at radius 2 is 1.66 bits per heavy atom. The lowest BCUT2D eigenvalue weighted by molar-refractivity contribution is -0.158. The van der Waals surface area contributed by atoms with E-state index < -0.39 is 23.5 Å². The van der Waals surface area contributed by atoms with Crippen molar-refractivity contribution in [2.24, 2.45) is 5.92 Å². The van der Waals surface area contributed by atoms with Crippen LogP contribution in [0.1, 0.15) is 51.4 Å². The molecule has 1 amide bonds. The van der Waals surface area contributed by atoms with Gasteiger partial charge in [0.1, 0.15) is 17.4 Å². The van der Waals surface area contributed by atoms with Gasteiger partial charge in [-0.2, -0.15) is 9.97 Å². The first-order chi connectivity index (χ1) is 15.1. The number of nitrogens with zero attached hydrogens (tertiary/aromatic N) is 2. The lowest BCUT2D eigenvalue weighted by atomic mass is 9.98. The maximum Gasteiger partial charge on any atom is 0.329 e. The molecule has 9 nitrogen and oxygen atoms in total. The summed E-state index contributed by atoms with van der Waals surface area (Å²) in [5, 5.41) is 2.79. The van der Waals surface area contributed by atoms with Gasteiger partial charge in [-0.1, -0.05) is 32.4 Å². The van der Waals surface area contributed by atoms with Crippen LogP contribution in [0.2, 0.25) is 0 Å². The molecule has 0 radical (unpaired) electrons. The molecule has 1 unspecified atom stereocenters. The van der Waals surface area contributed by atoms with E-state index in [1.165, 1.54) is 20.3 Å². The van der Waals surface area contributed by atoms with Crippen molar-refractivity contribution < 1.29 is 28.5 Å². The van der Waals surface area contributed by atoms with Gasteiger partial charge in [-0.15, -0.1) is 0 Å². The summed E-state index contributed by atoms with van der Waals surface area (Å²) in [5.74, 6) is -0.391. The predicted octanol–water partition coefficient (Wildman–Crippen LogP) is 3.77. The van der Waals surface area contributed by atoms with Crippen molar-refractivity contribution in [2.45, 2.75) is 52.7 Å². The van der Waals surface area contributed by atoms with Crippen molar-refractivity contribution in [3.8, 4) is 23.5 Å². The number of benzene rings is 1. The number of methoxy groups -OCH3 is 2. The number of amides is 1. The Bertz CT molecular complexity index is 919. The molecule has 1 aromatic carbocycles. The summed E-state index contributed by atoms with van der Waals surface area (Å²) in [7, 11) is 2.91. The van der Waals surface area contributed by atoms with Gasteiger partial charge in [0, 0.05) is 0 Å². The number of ether oxygens (including phenoxy) is 4. The molecule has 0 bridgehead atoms. The monoisotopic (exact) mass is 445 g/mol. The van der Waals surface area contributed by atoms with Crippen LogP contribution in [-0.2, 0) is 9.53 Å². The summed E-state index contributed by atoms with van der Waals surface area (Å²) in [6.45, 7) is 9.18. The number of rotatable bonds is 9. The molecule has 0 aliphatic carbocycles. The zero-order valence-electron chi connectivity index (χ0n) is 19.6. The van der Waals surface area contributed by atoms with E-state index in [0.29, 0.717) is 6.42 Å². The summed E-state index contributed by atoms with van der Waals surface area (Å²) in [5.41, 5.74) is -0.452. The molecule has 0 aliphatic heterocycles. The Kier molecular flexibility index (Phi) is 8.40. The van der Waals surface area contributed by atoms with Crippen molar-refractivity contribution in [1.29, 1.82) is 0 Å². The Morgan fingerprint density at radius 3 is 2.19 bits per heavy atom. The summed E-state index contributed by atoms with van der Waals surface area (Å²) in [6.07, 6.45) is 0.680. The molecular formula is C23H31N3O6. The third kappa shape index (κ3) is 6.83. The Morgan fingerprint density at radius 1 is 1.06 bits per heavy atom. The second kappa shape index (κ2) is 10.8. The van der Waals surface area contributed by atoms with Crippen molar-refractivity contribution in [3.63, 3.8) is 0 Å². The third-order valence-corrected chi connectivity index (χ3v) is 4.57. The molecule has 0 saturated carbocycles. The van der Waals surface area contributed by atoms with E-state index in [1.807, 2.05) is 13.8 Å². The molecule has 2 aromatic rings.